The number of carboxylic acids is 1. The van der Waals surface area contributed by atoms with Crippen LogP contribution < -0.4 is 0 Å². The third kappa shape index (κ3) is 3.75. The Bertz CT molecular complexity index is 981. The molecular weight excluding hydrogens is 366 g/mol. The van der Waals surface area contributed by atoms with E-state index in [-0.39, 0.29) is 17.9 Å². The molecular formula is C19H17N3O4S. The molecule has 4 rings (SSSR count). The van der Waals surface area contributed by atoms with Gasteiger partial charge < -0.3 is 14.5 Å². The first-order chi connectivity index (χ1) is 13.1. The van der Waals surface area contributed by atoms with Gasteiger partial charge in [0, 0.05) is 36.9 Å². The molecule has 0 unspecified atom stereocenters. The molecule has 2 aromatic heterocycles. The van der Waals surface area contributed by atoms with Gasteiger partial charge in [-0.05, 0) is 41.1 Å². The quantitative estimate of drug-likeness (QED) is 0.727. The van der Waals surface area contributed by atoms with Gasteiger partial charge in [0.25, 0.3) is 0 Å². The molecule has 1 aliphatic rings. The number of thiophene rings is 1. The molecule has 0 atom stereocenters. The van der Waals surface area contributed by atoms with Crippen LogP contribution in [-0.2, 0) is 24.2 Å². The molecule has 138 valence electrons. The van der Waals surface area contributed by atoms with Crippen LogP contribution in [-0.4, -0.2) is 38.6 Å². The van der Waals surface area contributed by atoms with E-state index in [4.69, 9.17) is 9.63 Å². The zero-order valence-electron chi connectivity index (χ0n) is 14.4. The molecule has 27 heavy (non-hydrogen) atoms. The number of aryl methyl sites for hydroxylation is 1. The maximum atomic E-state index is 12.6. The number of amides is 1. The molecule has 8 heteroatoms. The average Bonchev–Trinajstić information content (AvgIpc) is 3.36. The predicted octanol–water partition coefficient (Wildman–Crippen LogP) is 3.01. The number of nitrogens with zero attached hydrogens (tertiary/aromatic N) is 3. The standard InChI is InChI=1S/C19H17N3O4S/c23-17(4-3-16-20-18(21-26-16)14-6-8-27-11-14)22-7-5-12-1-2-13(19(24)25)9-15(12)10-22/h1-2,6,8-9,11H,3-5,7,10H2,(H,24,25). The van der Waals surface area contributed by atoms with Crippen molar-refractivity contribution in [3.63, 3.8) is 0 Å². The second-order valence-electron chi connectivity index (χ2n) is 6.38. The highest BCUT2D eigenvalue weighted by Crippen LogP contribution is 2.22. The van der Waals surface area contributed by atoms with Crippen LogP contribution in [0.15, 0.2) is 39.5 Å². The highest BCUT2D eigenvalue weighted by Gasteiger charge is 2.22. The normalized spacial score (nSPS) is 13.4. The van der Waals surface area contributed by atoms with Crippen LogP contribution >= 0.6 is 11.3 Å². The minimum atomic E-state index is -0.959. The molecule has 1 N–H and O–H groups in total. The van der Waals surface area contributed by atoms with Gasteiger partial charge in [-0.15, -0.1) is 0 Å². The Morgan fingerprint density at radius 2 is 2.15 bits per heavy atom. The van der Waals surface area contributed by atoms with Crippen LogP contribution in [0.2, 0.25) is 0 Å². The molecule has 1 amide bonds. The molecule has 0 saturated heterocycles. The second kappa shape index (κ2) is 7.32. The SMILES string of the molecule is O=C(O)c1ccc2c(c1)CN(C(=O)CCc1nc(-c3ccsc3)no1)CC2. The van der Waals surface area contributed by atoms with Gasteiger partial charge in [-0.3, -0.25) is 4.79 Å². The van der Waals surface area contributed by atoms with Crippen molar-refractivity contribution in [1.29, 1.82) is 0 Å². The average molecular weight is 383 g/mol. The minimum absolute atomic E-state index is 0.00309. The lowest BCUT2D eigenvalue weighted by molar-refractivity contribution is -0.132. The van der Waals surface area contributed by atoms with E-state index in [0.29, 0.717) is 31.2 Å². The number of carbonyl (C=O) groups is 2. The summed E-state index contributed by atoms with van der Waals surface area (Å²) in [6, 6.07) is 7.02. The maximum absolute atomic E-state index is 12.6. The molecule has 0 saturated carbocycles. The van der Waals surface area contributed by atoms with E-state index in [1.165, 1.54) is 0 Å². The van der Waals surface area contributed by atoms with Gasteiger partial charge in [-0.1, -0.05) is 11.2 Å². The van der Waals surface area contributed by atoms with Crippen LogP contribution in [0.3, 0.4) is 0 Å². The van der Waals surface area contributed by atoms with E-state index in [2.05, 4.69) is 10.1 Å². The number of aromatic nitrogens is 2. The van der Waals surface area contributed by atoms with E-state index >= 15 is 0 Å². The van der Waals surface area contributed by atoms with Crippen LogP contribution in [0.25, 0.3) is 11.4 Å². The molecule has 0 fully saturated rings. The number of benzene rings is 1. The van der Waals surface area contributed by atoms with Crippen LogP contribution in [0, 0.1) is 0 Å². The first-order valence-electron chi connectivity index (χ1n) is 8.58. The lowest BCUT2D eigenvalue weighted by Gasteiger charge is -2.29. The Morgan fingerprint density at radius 3 is 2.93 bits per heavy atom. The number of aromatic carboxylic acids is 1. The lowest BCUT2D eigenvalue weighted by Crippen LogP contribution is -2.36. The van der Waals surface area contributed by atoms with E-state index in [0.717, 1.165) is 23.1 Å². The Hall–Kier alpha value is -3.00. The monoisotopic (exact) mass is 383 g/mol. The molecule has 7 nitrogen and oxygen atoms in total. The summed E-state index contributed by atoms with van der Waals surface area (Å²) < 4.78 is 5.23. The summed E-state index contributed by atoms with van der Waals surface area (Å²) in [4.78, 5) is 29.8. The van der Waals surface area contributed by atoms with E-state index in [1.54, 1.807) is 28.4 Å². The van der Waals surface area contributed by atoms with Crippen molar-refractivity contribution in [2.75, 3.05) is 6.54 Å². The Kier molecular flexibility index (Phi) is 4.72. The van der Waals surface area contributed by atoms with Gasteiger partial charge in [-0.25, -0.2) is 4.79 Å². The summed E-state index contributed by atoms with van der Waals surface area (Å²) in [6.45, 7) is 1.06. The van der Waals surface area contributed by atoms with Gasteiger partial charge >= 0.3 is 5.97 Å². The molecule has 0 bridgehead atoms. The molecule has 1 aliphatic heterocycles. The molecule has 0 aliphatic carbocycles. The van der Waals surface area contributed by atoms with Crippen LogP contribution in [0.4, 0.5) is 0 Å². The van der Waals surface area contributed by atoms with Crippen molar-refractivity contribution in [3.8, 4) is 11.4 Å². The summed E-state index contributed by atoms with van der Waals surface area (Å²) in [5.74, 6) is 0.0117. The fraction of sp³-hybridized carbons (Fsp3) is 0.263. The van der Waals surface area contributed by atoms with Crippen molar-refractivity contribution >= 4 is 23.2 Å². The zero-order chi connectivity index (χ0) is 18.8. The largest absolute Gasteiger partial charge is 0.478 e. The highest BCUT2D eigenvalue weighted by atomic mass is 32.1. The number of rotatable bonds is 5. The number of hydrogen-bond acceptors (Lipinski definition) is 6. The first-order valence-corrected chi connectivity index (χ1v) is 9.52. The van der Waals surface area contributed by atoms with Gasteiger partial charge in [0.2, 0.25) is 17.6 Å². The minimum Gasteiger partial charge on any atom is -0.478 e. The van der Waals surface area contributed by atoms with E-state index in [1.807, 2.05) is 22.9 Å². The van der Waals surface area contributed by atoms with Crippen LogP contribution in [0.5, 0.6) is 0 Å². The number of carboxylic acid groups (broad SMARTS) is 1. The number of hydrogen-bond donors (Lipinski definition) is 1. The van der Waals surface area contributed by atoms with Crippen LogP contribution in [0.1, 0.15) is 33.8 Å². The van der Waals surface area contributed by atoms with E-state index in [9.17, 15) is 9.59 Å². The number of carbonyl (C=O) groups excluding carboxylic acids is 1. The highest BCUT2D eigenvalue weighted by molar-refractivity contribution is 7.08. The van der Waals surface area contributed by atoms with Crippen molar-refractivity contribution in [2.45, 2.75) is 25.8 Å². The maximum Gasteiger partial charge on any atom is 0.335 e. The summed E-state index contributed by atoms with van der Waals surface area (Å²) in [5, 5.41) is 17.0. The molecule has 0 radical (unpaired) electrons. The van der Waals surface area contributed by atoms with Gasteiger partial charge in [0.1, 0.15) is 0 Å². The lowest BCUT2D eigenvalue weighted by atomic mass is 9.97. The Balaban J connectivity index is 1.38. The fourth-order valence-electron chi connectivity index (χ4n) is 3.14. The topological polar surface area (TPSA) is 96.5 Å². The van der Waals surface area contributed by atoms with Gasteiger partial charge in [0.15, 0.2) is 0 Å². The summed E-state index contributed by atoms with van der Waals surface area (Å²) >= 11 is 1.56. The first kappa shape index (κ1) is 17.4. The Morgan fingerprint density at radius 1 is 1.26 bits per heavy atom. The fourth-order valence-corrected chi connectivity index (χ4v) is 3.77. The van der Waals surface area contributed by atoms with Crippen molar-refractivity contribution in [3.05, 3.63) is 57.6 Å². The summed E-state index contributed by atoms with van der Waals surface area (Å²) in [6.07, 6.45) is 1.39. The smallest absolute Gasteiger partial charge is 0.335 e. The number of fused-ring (bicyclic) bond motifs is 1. The van der Waals surface area contributed by atoms with E-state index < -0.39 is 5.97 Å². The third-order valence-corrected chi connectivity index (χ3v) is 5.30. The predicted molar refractivity (Wildman–Crippen MR) is 98.5 cm³/mol. The molecule has 3 aromatic rings. The van der Waals surface area contributed by atoms with Crippen molar-refractivity contribution in [2.24, 2.45) is 0 Å². The molecule has 0 spiro atoms. The molecule has 1 aromatic carbocycles. The summed E-state index contributed by atoms with van der Waals surface area (Å²) in [5.41, 5.74) is 3.14. The summed E-state index contributed by atoms with van der Waals surface area (Å²) in [7, 11) is 0. The van der Waals surface area contributed by atoms with Gasteiger partial charge in [-0.2, -0.15) is 16.3 Å². The van der Waals surface area contributed by atoms with Gasteiger partial charge in [0.05, 0.1) is 5.56 Å². The third-order valence-electron chi connectivity index (χ3n) is 4.62. The zero-order valence-corrected chi connectivity index (χ0v) is 15.2. The second-order valence-corrected chi connectivity index (χ2v) is 7.16. The van der Waals surface area contributed by atoms with Crippen molar-refractivity contribution < 1.29 is 19.2 Å². The Labute approximate surface area is 159 Å². The molecule has 3 heterocycles. The van der Waals surface area contributed by atoms with Crippen molar-refractivity contribution in [1.82, 2.24) is 15.0 Å².